The first-order valence-electron chi connectivity index (χ1n) is 9.15. The van der Waals surface area contributed by atoms with E-state index in [0.29, 0.717) is 19.3 Å². The van der Waals surface area contributed by atoms with Gasteiger partial charge in [-0.2, -0.15) is 0 Å². The normalized spacial score (nSPS) is 26.8. The van der Waals surface area contributed by atoms with E-state index >= 15 is 0 Å². The second kappa shape index (κ2) is 11.1. The monoisotopic (exact) mass is 374 g/mol. The van der Waals surface area contributed by atoms with Gasteiger partial charge < -0.3 is 24.1 Å². The summed E-state index contributed by atoms with van der Waals surface area (Å²) in [7, 11) is 1.40. The van der Waals surface area contributed by atoms with Crippen LogP contribution in [0.2, 0.25) is 0 Å². The Hall–Kier alpha value is -1.67. The molecule has 0 bridgehead atoms. The molecule has 0 saturated carbocycles. The van der Waals surface area contributed by atoms with Gasteiger partial charge in [-0.3, -0.25) is 14.4 Å². The minimum absolute atomic E-state index is 0.0232. The second-order valence-electron chi connectivity index (χ2n) is 6.35. The molecule has 0 aromatic carbocycles. The molecule has 1 fully saturated rings. The third-order valence-electron chi connectivity index (χ3n) is 4.40. The molecule has 1 unspecified atom stereocenters. The van der Waals surface area contributed by atoms with Crippen molar-refractivity contribution in [2.45, 2.75) is 71.4 Å². The summed E-state index contributed by atoms with van der Waals surface area (Å²) in [6.45, 7) is 5.39. The predicted molar refractivity (Wildman–Crippen MR) is 91.2 cm³/mol. The Morgan fingerprint density at radius 2 is 1.65 bits per heavy atom. The SMILES string of the molecule is CCCC(=O)O[C@@H]1[C@H](C(CC)C(=O)O)[C@H](OC)OC[C@H]1OC(=O)CCC. The molecule has 1 aliphatic heterocycles. The van der Waals surface area contributed by atoms with Gasteiger partial charge in [0.1, 0.15) is 6.10 Å². The summed E-state index contributed by atoms with van der Waals surface area (Å²) >= 11 is 0. The van der Waals surface area contributed by atoms with Gasteiger partial charge in [-0.15, -0.1) is 0 Å². The highest BCUT2D eigenvalue weighted by Gasteiger charge is 2.50. The lowest BCUT2D eigenvalue weighted by Gasteiger charge is -2.43. The molecule has 0 amide bonds. The van der Waals surface area contributed by atoms with Gasteiger partial charge in [0.25, 0.3) is 0 Å². The third-order valence-corrected chi connectivity index (χ3v) is 4.40. The quantitative estimate of drug-likeness (QED) is 0.579. The van der Waals surface area contributed by atoms with Crippen LogP contribution < -0.4 is 0 Å². The Morgan fingerprint density at radius 3 is 2.12 bits per heavy atom. The van der Waals surface area contributed by atoms with Gasteiger partial charge in [0.15, 0.2) is 12.4 Å². The molecule has 150 valence electrons. The smallest absolute Gasteiger partial charge is 0.307 e. The molecule has 1 rings (SSSR count). The van der Waals surface area contributed by atoms with Crippen LogP contribution in [0.15, 0.2) is 0 Å². The topological polar surface area (TPSA) is 108 Å². The molecule has 0 radical (unpaired) electrons. The maximum Gasteiger partial charge on any atom is 0.307 e. The molecule has 26 heavy (non-hydrogen) atoms. The van der Waals surface area contributed by atoms with E-state index in [2.05, 4.69) is 0 Å². The van der Waals surface area contributed by atoms with E-state index in [1.54, 1.807) is 6.92 Å². The number of methoxy groups -OCH3 is 1. The number of carbonyl (C=O) groups excluding carboxylic acids is 2. The number of aliphatic carboxylic acids is 1. The second-order valence-corrected chi connectivity index (χ2v) is 6.35. The van der Waals surface area contributed by atoms with Crippen LogP contribution in [0.4, 0.5) is 0 Å². The zero-order valence-electron chi connectivity index (χ0n) is 15.9. The summed E-state index contributed by atoms with van der Waals surface area (Å²) in [5.74, 6) is -3.59. The number of rotatable bonds is 10. The average Bonchev–Trinajstić information content (AvgIpc) is 2.58. The summed E-state index contributed by atoms with van der Waals surface area (Å²) in [5.41, 5.74) is 0. The Balaban J connectivity index is 3.14. The van der Waals surface area contributed by atoms with Crippen molar-refractivity contribution in [3.8, 4) is 0 Å². The lowest BCUT2D eigenvalue weighted by atomic mass is 9.81. The van der Waals surface area contributed by atoms with Crippen molar-refractivity contribution in [1.82, 2.24) is 0 Å². The van der Waals surface area contributed by atoms with Crippen LogP contribution in [0.5, 0.6) is 0 Å². The molecule has 1 aliphatic rings. The number of esters is 2. The minimum Gasteiger partial charge on any atom is -0.481 e. The van der Waals surface area contributed by atoms with E-state index in [1.807, 2.05) is 13.8 Å². The summed E-state index contributed by atoms with van der Waals surface area (Å²) < 4.78 is 21.9. The molecule has 5 atom stereocenters. The van der Waals surface area contributed by atoms with Gasteiger partial charge in [0.05, 0.1) is 18.4 Å². The van der Waals surface area contributed by atoms with Gasteiger partial charge in [-0.05, 0) is 19.3 Å². The van der Waals surface area contributed by atoms with Gasteiger partial charge in [0, 0.05) is 20.0 Å². The van der Waals surface area contributed by atoms with E-state index in [9.17, 15) is 19.5 Å². The highest BCUT2D eigenvalue weighted by Crippen LogP contribution is 2.35. The Morgan fingerprint density at radius 1 is 1.08 bits per heavy atom. The number of carbonyl (C=O) groups is 3. The zero-order chi connectivity index (χ0) is 19.7. The van der Waals surface area contributed by atoms with Crippen molar-refractivity contribution in [2.75, 3.05) is 13.7 Å². The summed E-state index contributed by atoms with van der Waals surface area (Å²) in [5, 5.41) is 9.59. The standard InChI is InChI=1S/C18H30O8/c1-5-8-13(19)25-12-10-24-18(23-4)15(11(7-3)17(21)22)16(12)26-14(20)9-6-2/h11-12,15-16,18H,5-10H2,1-4H3,(H,21,22)/t11?,12-,15+,16+,18-/m1/s1. The number of hydrogen-bond donors (Lipinski definition) is 1. The number of ether oxygens (including phenoxy) is 4. The number of carboxylic acids is 1. The summed E-state index contributed by atoms with van der Waals surface area (Å²) in [6, 6.07) is 0. The summed E-state index contributed by atoms with van der Waals surface area (Å²) in [4.78, 5) is 35.8. The Kier molecular flexibility index (Phi) is 9.58. The van der Waals surface area contributed by atoms with Crippen molar-refractivity contribution in [2.24, 2.45) is 11.8 Å². The summed E-state index contributed by atoms with van der Waals surface area (Å²) in [6.07, 6.45) is -0.742. The average molecular weight is 374 g/mol. The number of hydrogen-bond acceptors (Lipinski definition) is 7. The fourth-order valence-corrected chi connectivity index (χ4v) is 3.16. The van der Waals surface area contributed by atoms with E-state index in [1.165, 1.54) is 7.11 Å². The molecule has 0 aromatic heterocycles. The van der Waals surface area contributed by atoms with Gasteiger partial charge in [-0.25, -0.2) is 0 Å². The van der Waals surface area contributed by atoms with Crippen molar-refractivity contribution in [3.63, 3.8) is 0 Å². The lowest BCUT2D eigenvalue weighted by Crippen LogP contribution is -2.56. The maximum absolute atomic E-state index is 12.1. The highest BCUT2D eigenvalue weighted by molar-refractivity contribution is 5.72. The Bertz CT molecular complexity index is 478. The fraction of sp³-hybridized carbons (Fsp3) is 0.833. The van der Waals surface area contributed by atoms with E-state index in [-0.39, 0.29) is 19.4 Å². The molecule has 0 aliphatic carbocycles. The largest absolute Gasteiger partial charge is 0.481 e. The van der Waals surface area contributed by atoms with Crippen LogP contribution in [0.1, 0.15) is 52.9 Å². The van der Waals surface area contributed by atoms with Crippen LogP contribution in [0, 0.1) is 11.8 Å². The van der Waals surface area contributed by atoms with Crippen LogP contribution in [-0.4, -0.2) is 55.2 Å². The van der Waals surface area contributed by atoms with Crippen LogP contribution in [0.3, 0.4) is 0 Å². The van der Waals surface area contributed by atoms with Gasteiger partial charge >= 0.3 is 17.9 Å². The molecule has 8 nitrogen and oxygen atoms in total. The first kappa shape index (κ1) is 22.4. The molecular formula is C18H30O8. The minimum atomic E-state index is -1.04. The zero-order valence-corrected chi connectivity index (χ0v) is 15.9. The van der Waals surface area contributed by atoms with Crippen LogP contribution in [0.25, 0.3) is 0 Å². The Labute approximate surface area is 154 Å². The molecule has 1 heterocycles. The molecule has 1 N–H and O–H groups in total. The van der Waals surface area contributed by atoms with E-state index in [0.717, 1.165) is 0 Å². The van der Waals surface area contributed by atoms with Crippen molar-refractivity contribution in [3.05, 3.63) is 0 Å². The first-order valence-corrected chi connectivity index (χ1v) is 9.15. The third kappa shape index (κ3) is 5.95. The molecule has 1 saturated heterocycles. The van der Waals surface area contributed by atoms with Crippen molar-refractivity contribution in [1.29, 1.82) is 0 Å². The lowest BCUT2D eigenvalue weighted by molar-refractivity contribution is -0.263. The van der Waals surface area contributed by atoms with Crippen LogP contribution >= 0.6 is 0 Å². The highest BCUT2D eigenvalue weighted by atomic mass is 16.7. The van der Waals surface area contributed by atoms with Crippen molar-refractivity contribution >= 4 is 17.9 Å². The van der Waals surface area contributed by atoms with E-state index < -0.39 is 48.2 Å². The van der Waals surface area contributed by atoms with Gasteiger partial charge in [-0.1, -0.05) is 20.8 Å². The molecule has 8 heteroatoms. The first-order chi connectivity index (χ1) is 12.4. The fourth-order valence-electron chi connectivity index (χ4n) is 3.16. The van der Waals surface area contributed by atoms with Gasteiger partial charge in [0.2, 0.25) is 0 Å². The predicted octanol–water partition coefficient (Wildman–Crippen LogP) is 2.14. The van der Waals surface area contributed by atoms with Crippen molar-refractivity contribution < 1.29 is 38.4 Å². The molecule has 0 aromatic rings. The molecule has 0 spiro atoms. The number of carboxylic acid groups (broad SMARTS) is 1. The van der Waals surface area contributed by atoms with E-state index in [4.69, 9.17) is 18.9 Å². The van der Waals surface area contributed by atoms with Crippen LogP contribution in [-0.2, 0) is 33.3 Å². The molecular weight excluding hydrogens is 344 g/mol. The maximum atomic E-state index is 12.1.